The fourth-order valence-corrected chi connectivity index (χ4v) is 0.999. The molecule has 0 bridgehead atoms. The van der Waals surface area contributed by atoms with E-state index in [1.54, 1.807) is 0 Å². The summed E-state index contributed by atoms with van der Waals surface area (Å²) in [5.41, 5.74) is 1.08. The molecule has 0 heterocycles. The molecule has 0 aliphatic heterocycles. The molecule has 0 fully saturated rings. The van der Waals surface area contributed by atoms with Crippen molar-refractivity contribution in [1.82, 2.24) is 0 Å². The van der Waals surface area contributed by atoms with Gasteiger partial charge in [-0.25, -0.2) is 4.79 Å². The molecule has 1 aromatic carbocycles. The number of carbonyl (C=O) groups excluding carboxylic acids is 1. The average Bonchev–Trinajstić information content (AvgIpc) is 2.29. The average molecular weight is 204 g/mol. The van der Waals surface area contributed by atoms with E-state index in [2.05, 4.69) is 4.74 Å². The van der Waals surface area contributed by atoms with Crippen LogP contribution in [-0.2, 0) is 20.9 Å². The zero-order valence-corrected chi connectivity index (χ0v) is 8.31. The molecule has 0 aromatic heterocycles. The van der Waals surface area contributed by atoms with E-state index in [0.717, 1.165) is 5.56 Å². The summed E-state index contributed by atoms with van der Waals surface area (Å²) in [6.07, 6.45) is 4.81. The Labute approximate surface area is 89.0 Å². The number of carbonyl (C=O) groups is 1. The fraction of sp³-hybridized carbons (Fsp3) is 0.250. The number of esters is 1. The molecule has 1 rings (SSSR count). The summed E-state index contributed by atoms with van der Waals surface area (Å²) in [7, 11) is 0. The highest BCUT2D eigenvalue weighted by Crippen LogP contribution is 1.99. The molecule has 0 spiro atoms. The van der Waals surface area contributed by atoms with Gasteiger partial charge in [0.25, 0.3) is 0 Å². The monoisotopic (exact) mass is 204 g/mol. The maximum Gasteiger partial charge on any atom is 0.384 e. The SMILES string of the molecule is C#CC(=O)OCCOCc1ccccc1. The molecule has 0 radical (unpaired) electrons. The van der Waals surface area contributed by atoms with Gasteiger partial charge in [0.2, 0.25) is 0 Å². The Morgan fingerprint density at radius 1 is 1.27 bits per heavy atom. The first kappa shape index (κ1) is 11.3. The van der Waals surface area contributed by atoms with Gasteiger partial charge in [-0.15, -0.1) is 6.42 Å². The molecule has 0 aliphatic carbocycles. The maximum absolute atomic E-state index is 10.5. The second-order valence-corrected chi connectivity index (χ2v) is 2.82. The lowest BCUT2D eigenvalue weighted by Crippen LogP contribution is -2.08. The van der Waals surface area contributed by atoms with Gasteiger partial charge < -0.3 is 9.47 Å². The lowest BCUT2D eigenvalue weighted by atomic mass is 10.2. The summed E-state index contributed by atoms with van der Waals surface area (Å²) < 4.78 is 9.90. The standard InChI is InChI=1S/C12H12O3/c1-2-12(13)15-9-8-14-10-11-6-4-3-5-7-11/h1,3-7H,8-10H2. The topological polar surface area (TPSA) is 35.5 Å². The van der Waals surface area contributed by atoms with Crippen molar-refractivity contribution in [3.05, 3.63) is 35.9 Å². The third kappa shape index (κ3) is 4.84. The van der Waals surface area contributed by atoms with Gasteiger partial charge in [-0.1, -0.05) is 30.3 Å². The van der Waals surface area contributed by atoms with Crippen LogP contribution in [-0.4, -0.2) is 19.2 Å². The minimum Gasteiger partial charge on any atom is -0.454 e. The minimum atomic E-state index is -0.654. The lowest BCUT2D eigenvalue weighted by molar-refractivity contribution is -0.138. The molecule has 0 N–H and O–H groups in total. The van der Waals surface area contributed by atoms with Gasteiger partial charge in [-0.05, 0) is 5.56 Å². The molecule has 0 atom stereocenters. The van der Waals surface area contributed by atoms with Gasteiger partial charge >= 0.3 is 5.97 Å². The zero-order valence-electron chi connectivity index (χ0n) is 8.31. The quantitative estimate of drug-likeness (QED) is 0.314. The minimum absolute atomic E-state index is 0.190. The van der Waals surface area contributed by atoms with E-state index in [1.807, 2.05) is 36.3 Å². The molecule has 0 saturated heterocycles. The molecule has 1 aromatic rings. The molecular weight excluding hydrogens is 192 g/mol. The lowest BCUT2D eigenvalue weighted by Gasteiger charge is -2.03. The van der Waals surface area contributed by atoms with Crippen LogP contribution in [0.4, 0.5) is 0 Å². The molecular formula is C12H12O3. The summed E-state index contributed by atoms with van der Waals surface area (Å²) in [5.74, 6) is 1.20. The Kier molecular flexibility index (Phi) is 4.99. The highest BCUT2D eigenvalue weighted by atomic mass is 16.6. The zero-order chi connectivity index (χ0) is 10.9. The number of hydrogen-bond acceptors (Lipinski definition) is 3. The molecule has 3 heteroatoms. The predicted octanol–water partition coefficient (Wildman–Crippen LogP) is 1.38. The molecule has 3 nitrogen and oxygen atoms in total. The number of rotatable bonds is 5. The second kappa shape index (κ2) is 6.63. The Hall–Kier alpha value is -1.79. The second-order valence-electron chi connectivity index (χ2n) is 2.82. The normalized spacial score (nSPS) is 9.27. The number of terminal acetylenes is 1. The van der Waals surface area contributed by atoms with Crippen molar-refractivity contribution in [2.75, 3.05) is 13.2 Å². The van der Waals surface area contributed by atoms with Gasteiger partial charge in [0.15, 0.2) is 0 Å². The van der Waals surface area contributed by atoms with E-state index in [4.69, 9.17) is 11.2 Å². The molecule has 78 valence electrons. The molecule has 0 aliphatic rings. The van der Waals surface area contributed by atoms with Gasteiger partial charge in [0, 0.05) is 5.92 Å². The van der Waals surface area contributed by atoms with Crippen LogP contribution >= 0.6 is 0 Å². The van der Waals surface area contributed by atoms with Crippen LogP contribution < -0.4 is 0 Å². The summed E-state index contributed by atoms with van der Waals surface area (Å²) in [6, 6.07) is 9.76. The smallest absolute Gasteiger partial charge is 0.384 e. The van der Waals surface area contributed by atoms with Crippen molar-refractivity contribution < 1.29 is 14.3 Å². The Morgan fingerprint density at radius 3 is 2.67 bits per heavy atom. The maximum atomic E-state index is 10.5. The first-order valence-electron chi connectivity index (χ1n) is 4.58. The van der Waals surface area contributed by atoms with E-state index in [0.29, 0.717) is 13.2 Å². The Balaban J connectivity index is 2.08. The summed E-state index contributed by atoms with van der Waals surface area (Å²) >= 11 is 0. The van der Waals surface area contributed by atoms with Crippen molar-refractivity contribution in [3.8, 4) is 12.3 Å². The third-order valence-corrected chi connectivity index (χ3v) is 1.69. The van der Waals surface area contributed by atoms with E-state index in [9.17, 15) is 4.79 Å². The van der Waals surface area contributed by atoms with Gasteiger partial charge in [0.05, 0.1) is 13.2 Å². The van der Waals surface area contributed by atoms with E-state index in [-0.39, 0.29) is 6.61 Å². The Morgan fingerprint density at radius 2 is 2.00 bits per heavy atom. The van der Waals surface area contributed by atoms with Gasteiger partial charge in [-0.2, -0.15) is 0 Å². The van der Waals surface area contributed by atoms with Gasteiger partial charge in [0.1, 0.15) is 6.61 Å². The third-order valence-electron chi connectivity index (χ3n) is 1.69. The molecule has 0 saturated carbocycles. The van der Waals surface area contributed by atoms with Crippen LogP contribution in [0.15, 0.2) is 30.3 Å². The van der Waals surface area contributed by atoms with Gasteiger partial charge in [-0.3, -0.25) is 0 Å². The largest absolute Gasteiger partial charge is 0.454 e. The number of hydrogen-bond donors (Lipinski definition) is 0. The van der Waals surface area contributed by atoms with E-state index in [1.165, 1.54) is 0 Å². The van der Waals surface area contributed by atoms with Crippen LogP contribution in [0.2, 0.25) is 0 Å². The van der Waals surface area contributed by atoms with Crippen molar-refractivity contribution in [3.63, 3.8) is 0 Å². The van der Waals surface area contributed by atoms with Crippen molar-refractivity contribution in [2.45, 2.75) is 6.61 Å². The highest BCUT2D eigenvalue weighted by Gasteiger charge is 1.96. The summed E-state index contributed by atoms with van der Waals surface area (Å²) in [4.78, 5) is 10.5. The summed E-state index contributed by atoms with van der Waals surface area (Å²) in [5, 5.41) is 0. The predicted molar refractivity (Wildman–Crippen MR) is 55.9 cm³/mol. The van der Waals surface area contributed by atoms with Crippen LogP contribution in [0.5, 0.6) is 0 Å². The van der Waals surface area contributed by atoms with Crippen LogP contribution in [0.1, 0.15) is 5.56 Å². The van der Waals surface area contributed by atoms with Crippen LogP contribution in [0.25, 0.3) is 0 Å². The Bertz CT molecular complexity index is 338. The molecule has 0 amide bonds. The fourth-order valence-electron chi connectivity index (χ4n) is 0.999. The molecule has 0 unspecified atom stereocenters. The van der Waals surface area contributed by atoms with Crippen LogP contribution in [0.3, 0.4) is 0 Å². The van der Waals surface area contributed by atoms with Crippen LogP contribution in [0, 0.1) is 12.3 Å². The van der Waals surface area contributed by atoms with Crippen molar-refractivity contribution in [1.29, 1.82) is 0 Å². The van der Waals surface area contributed by atoms with E-state index < -0.39 is 5.97 Å². The highest BCUT2D eigenvalue weighted by molar-refractivity contribution is 5.87. The number of ether oxygens (including phenoxy) is 2. The van der Waals surface area contributed by atoms with Crippen molar-refractivity contribution >= 4 is 5.97 Å². The van der Waals surface area contributed by atoms with E-state index >= 15 is 0 Å². The first-order chi connectivity index (χ1) is 7.33. The summed E-state index contributed by atoms with van der Waals surface area (Å²) in [6.45, 7) is 1.05. The van der Waals surface area contributed by atoms with Crippen molar-refractivity contribution in [2.24, 2.45) is 0 Å². The first-order valence-corrected chi connectivity index (χ1v) is 4.58. The molecule has 15 heavy (non-hydrogen) atoms. The number of benzene rings is 1.